The number of imidazole rings is 1. The monoisotopic (exact) mass is 257 g/mol. The first kappa shape index (κ1) is 12.7. The van der Waals surface area contributed by atoms with Gasteiger partial charge >= 0.3 is 0 Å². The van der Waals surface area contributed by atoms with Gasteiger partial charge in [-0.25, -0.2) is 4.98 Å². The van der Waals surface area contributed by atoms with E-state index in [9.17, 15) is 0 Å². The van der Waals surface area contributed by atoms with Gasteiger partial charge in [0.1, 0.15) is 0 Å². The lowest BCUT2D eigenvalue weighted by Crippen LogP contribution is -2.23. The maximum absolute atomic E-state index is 4.42. The third-order valence-electron chi connectivity index (χ3n) is 4.19. The number of fused-ring (bicyclic) bond motifs is 1. The van der Waals surface area contributed by atoms with Crippen molar-refractivity contribution in [1.29, 1.82) is 0 Å². The molecular formula is C16H23N3. The maximum atomic E-state index is 4.42. The molecule has 0 amide bonds. The largest absolute Gasteiger partial charge is 0.331 e. The Morgan fingerprint density at radius 2 is 2.05 bits per heavy atom. The highest BCUT2D eigenvalue weighted by Gasteiger charge is 2.13. The predicted molar refractivity (Wildman–Crippen MR) is 79.2 cm³/mol. The molecule has 1 aliphatic rings. The average molecular weight is 257 g/mol. The Bertz CT molecular complexity index is 511. The minimum atomic E-state index is 0.939. The third kappa shape index (κ3) is 3.16. The molecule has 1 aromatic carbocycles. The van der Waals surface area contributed by atoms with Crippen LogP contribution in [0.1, 0.15) is 32.1 Å². The molecule has 1 saturated carbocycles. The highest BCUT2D eigenvalue weighted by atomic mass is 15.0. The summed E-state index contributed by atoms with van der Waals surface area (Å²) < 4.78 is 2.26. The van der Waals surface area contributed by atoms with Gasteiger partial charge in [-0.15, -0.1) is 0 Å². The predicted octanol–water partition coefficient (Wildman–Crippen LogP) is 3.21. The van der Waals surface area contributed by atoms with Crippen LogP contribution in [0.3, 0.4) is 0 Å². The van der Waals surface area contributed by atoms with Gasteiger partial charge in [-0.3, -0.25) is 0 Å². The molecule has 0 aliphatic heterocycles. The zero-order valence-corrected chi connectivity index (χ0v) is 11.5. The molecule has 19 heavy (non-hydrogen) atoms. The average Bonchev–Trinajstić information content (AvgIpc) is 3.08. The molecule has 3 rings (SSSR count). The fourth-order valence-corrected chi connectivity index (χ4v) is 3.08. The first-order valence-electron chi connectivity index (χ1n) is 7.54. The number of benzene rings is 1. The van der Waals surface area contributed by atoms with Crippen molar-refractivity contribution < 1.29 is 0 Å². The molecule has 1 N–H and O–H groups in total. The van der Waals surface area contributed by atoms with Gasteiger partial charge in [-0.2, -0.15) is 0 Å². The van der Waals surface area contributed by atoms with Crippen molar-refractivity contribution in [3.05, 3.63) is 30.6 Å². The summed E-state index contributed by atoms with van der Waals surface area (Å²) in [5.41, 5.74) is 2.35. The maximum Gasteiger partial charge on any atom is 0.0958 e. The molecule has 0 radical (unpaired) electrons. The first-order chi connectivity index (χ1) is 9.43. The topological polar surface area (TPSA) is 29.9 Å². The SMILES string of the molecule is c1ccc2c(c1)ncn2CCCNCC1CCCC1. The number of rotatable bonds is 6. The summed E-state index contributed by atoms with van der Waals surface area (Å²) in [6.07, 6.45) is 8.87. The Labute approximate surface area is 115 Å². The van der Waals surface area contributed by atoms with Crippen LogP contribution in [0.5, 0.6) is 0 Å². The van der Waals surface area contributed by atoms with Crippen molar-refractivity contribution in [3.8, 4) is 0 Å². The molecular weight excluding hydrogens is 234 g/mol. The molecule has 1 aromatic heterocycles. The molecule has 0 atom stereocenters. The van der Waals surface area contributed by atoms with Gasteiger partial charge in [0.15, 0.2) is 0 Å². The van der Waals surface area contributed by atoms with Crippen LogP contribution in [-0.4, -0.2) is 22.6 Å². The van der Waals surface area contributed by atoms with Gasteiger partial charge < -0.3 is 9.88 Å². The minimum absolute atomic E-state index is 0.939. The van der Waals surface area contributed by atoms with Crippen LogP contribution in [0.15, 0.2) is 30.6 Å². The fourth-order valence-electron chi connectivity index (χ4n) is 3.08. The molecule has 102 valence electrons. The zero-order valence-electron chi connectivity index (χ0n) is 11.5. The Balaban J connectivity index is 1.42. The molecule has 1 aliphatic carbocycles. The fraction of sp³-hybridized carbons (Fsp3) is 0.562. The van der Waals surface area contributed by atoms with E-state index in [0.29, 0.717) is 0 Å². The third-order valence-corrected chi connectivity index (χ3v) is 4.19. The highest BCUT2D eigenvalue weighted by molar-refractivity contribution is 5.74. The van der Waals surface area contributed by atoms with E-state index in [2.05, 4.69) is 33.1 Å². The Hall–Kier alpha value is -1.35. The van der Waals surface area contributed by atoms with Crippen LogP contribution in [0, 0.1) is 5.92 Å². The quantitative estimate of drug-likeness (QED) is 0.805. The smallest absolute Gasteiger partial charge is 0.0958 e. The second-order valence-electron chi connectivity index (χ2n) is 5.63. The molecule has 1 fully saturated rings. The molecule has 0 saturated heterocycles. The van der Waals surface area contributed by atoms with Crippen LogP contribution in [0.4, 0.5) is 0 Å². The van der Waals surface area contributed by atoms with Gasteiger partial charge in [0.25, 0.3) is 0 Å². The van der Waals surface area contributed by atoms with Crippen molar-refractivity contribution >= 4 is 11.0 Å². The summed E-state index contributed by atoms with van der Waals surface area (Å²) in [6, 6.07) is 8.35. The summed E-state index contributed by atoms with van der Waals surface area (Å²) in [4.78, 5) is 4.42. The van der Waals surface area contributed by atoms with E-state index in [0.717, 1.165) is 24.5 Å². The number of para-hydroxylation sites is 2. The van der Waals surface area contributed by atoms with Gasteiger partial charge in [0.2, 0.25) is 0 Å². The second-order valence-corrected chi connectivity index (χ2v) is 5.63. The highest BCUT2D eigenvalue weighted by Crippen LogP contribution is 2.23. The van der Waals surface area contributed by atoms with Gasteiger partial charge in [0, 0.05) is 6.54 Å². The van der Waals surface area contributed by atoms with E-state index >= 15 is 0 Å². The van der Waals surface area contributed by atoms with E-state index in [1.165, 1.54) is 44.2 Å². The van der Waals surface area contributed by atoms with Crippen molar-refractivity contribution in [3.63, 3.8) is 0 Å². The number of hydrogen-bond acceptors (Lipinski definition) is 2. The van der Waals surface area contributed by atoms with Crippen molar-refractivity contribution in [1.82, 2.24) is 14.9 Å². The summed E-state index contributed by atoms with van der Waals surface area (Å²) in [6.45, 7) is 3.38. The van der Waals surface area contributed by atoms with Crippen LogP contribution >= 0.6 is 0 Å². The van der Waals surface area contributed by atoms with Crippen molar-refractivity contribution in [2.75, 3.05) is 13.1 Å². The van der Waals surface area contributed by atoms with Crippen molar-refractivity contribution in [2.24, 2.45) is 5.92 Å². The van der Waals surface area contributed by atoms with E-state index in [4.69, 9.17) is 0 Å². The van der Waals surface area contributed by atoms with Crippen LogP contribution in [0.25, 0.3) is 11.0 Å². The Morgan fingerprint density at radius 3 is 2.95 bits per heavy atom. The second kappa shape index (κ2) is 6.20. The summed E-state index contributed by atoms with van der Waals surface area (Å²) in [5, 5.41) is 3.60. The Morgan fingerprint density at radius 1 is 1.21 bits per heavy atom. The van der Waals surface area contributed by atoms with E-state index < -0.39 is 0 Å². The number of aromatic nitrogens is 2. The molecule has 3 nitrogen and oxygen atoms in total. The summed E-state index contributed by atoms with van der Waals surface area (Å²) in [7, 11) is 0. The van der Waals surface area contributed by atoms with Crippen LogP contribution in [-0.2, 0) is 6.54 Å². The minimum Gasteiger partial charge on any atom is -0.331 e. The lowest BCUT2D eigenvalue weighted by Gasteiger charge is -2.10. The first-order valence-corrected chi connectivity index (χ1v) is 7.54. The number of hydrogen-bond donors (Lipinski definition) is 1. The van der Waals surface area contributed by atoms with E-state index in [-0.39, 0.29) is 0 Å². The van der Waals surface area contributed by atoms with Crippen molar-refractivity contribution in [2.45, 2.75) is 38.6 Å². The molecule has 3 heteroatoms. The molecule has 0 unspecified atom stereocenters. The van der Waals surface area contributed by atoms with E-state index in [1.807, 2.05) is 12.4 Å². The van der Waals surface area contributed by atoms with Crippen LogP contribution in [0.2, 0.25) is 0 Å². The number of nitrogens with zero attached hydrogens (tertiary/aromatic N) is 2. The molecule has 0 bridgehead atoms. The Kier molecular flexibility index (Phi) is 4.13. The zero-order chi connectivity index (χ0) is 12.9. The normalized spacial score (nSPS) is 16.4. The lowest BCUT2D eigenvalue weighted by atomic mass is 10.1. The molecule has 2 aromatic rings. The van der Waals surface area contributed by atoms with Gasteiger partial charge in [-0.1, -0.05) is 25.0 Å². The van der Waals surface area contributed by atoms with Crippen LogP contribution < -0.4 is 5.32 Å². The lowest BCUT2D eigenvalue weighted by molar-refractivity contribution is 0.477. The summed E-state index contributed by atoms with van der Waals surface area (Å²) >= 11 is 0. The summed E-state index contributed by atoms with van der Waals surface area (Å²) in [5.74, 6) is 0.939. The van der Waals surface area contributed by atoms with Gasteiger partial charge in [-0.05, 0) is 50.4 Å². The molecule has 1 heterocycles. The molecule has 0 spiro atoms. The van der Waals surface area contributed by atoms with E-state index in [1.54, 1.807) is 0 Å². The number of nitrogens with one attached hydrogen (secondary N) is 1. The standard InChI is InChI=1S/C16H23N3/c1-2-7-14(6-1)12-17-10-5-11-19-13-18-15-8-3-4-9-16(15)19/h3-4,8-9,13-14,17H,1-2,5-7,10-12H2. The van der Waals surface area contributed by atoms with Gasteiger partial charge in [0.05, 0.1) is 17.4 Å². The number of aryl methyl sites for hydroxylation is 1.